The molecule has 0 aliphatic rings. The molecule has 4 nitrogen and oxygen atoms in total. The summed E-state index contributed by atoms with van der Waals surface area (Å²) in [4.78, 5) is 21.8. The highest BCUT2D eigenvalue weighted by molar-refractivity contribution is 5.70. The normalized spacial score (nSPS) is 14.1. The van der Waals surface area contributed by atoms with E-state index >= 15 is 0 Å². The minimum Gasteiger partial charge on any atom is -0.481 e. The van der Waals surface area contributed by atoms with Crippen molar-refractivity contribution >= 4 is 11.9 Å². The van der Waals surface area contributed by atoms with Gasteiger partial charge in [0.2, 0.25) is 0 Å². The summed E-state index contributed by atoms with van der Waals surface area (Å²) < 4.78 is 0. The molecule has 0 aromatic rings. The van der Waals surface area contributed by atoms with Crippen LogP contribution in [0.15, 0.2) is 0 Å². The third-order valence-electron chi connectivity index (χ3n) is 3.41. The van der Waals surface area contributed by atoms with Gasteiger partial charge < -0.3 is 10.2 Å². The topological polar surface area (TPSA) is 74.6 Å². The summed E-state index contributed by atoms with van der Waals surface area (Å²) in [6.45, 7) is 4.04. The van der Waals surface area contributed by atoms with Gasteiger partial charge in [0, 0.05) is 6.42 Å². The van der Waals surface area contributed by atoms with Crippen molar-refractivity contribution in [1.82, 2.24) is 0 Å². The van der Waals surface area contributed by atoms with E-state index < -0.39 is 11.9 Å². The molecule has 0 radical (unpaired) electrons. The second-order valence-corrected chi connectivity index (χ2v) is 4.99. The van der Waals surface area contributed by atoms with E-state index in [4.69, 9.17) is 10.2 Å². The molecular weight excluding hydrogens is 232 g/mol. The van der Waals surface area contributed by atoms with Crippen LogP contribution in [-0.2, 0) is 9.59 Å². The van der Waals surface area contributed by atoms with Gasteiger partial charge in [0.25, 0.3) is 0 Å². The Kier molecular flexibility index (Phi) is 9.33. The molecule has 0 bridgehead atoms. The van der Waals surface area contributed by atoms with Crippen molar-refractivity contribution in [1.29, 1.82) is 0 Å². The van der Waals surface area contributed by atoms with Crippen LogP contribution in [0.2, 0.25) is 0 Å². The van der Waals surface area contributed by atoms with Crippen molar-refractivity contribution < 1.29 is 19.8 Å². The molecule has 0 heterocycles. The Bertz CT molecular complexity index is 250. The second-order valence-electron chi connectivity index (χ2n) is 4.99. The summed E-state index contributed by atoms with van der Waals surface area (Å²) in [6.07, 6.45) is 6.23. The Labute approximate surface area is 109 Å². The molecule has 0 spiro atoms. The fraction of sp³-hybridized carbons (Fsp3) is 0.857. The molecule has 0 rings (SSSR count). The summed E-state index contributed by atoms with van der Waals surface area (Å²) in [5, 5.41) is 17.9. The number of rotatable bonds is 11. The van der Waals surface area contributed by atoms with E-state index in [0.29, 0.717) is 12.8 Å². The molecule has 106 valence electrons. The molecular formula is C14H26O4. The van der Waals surface area contributed by atoms with Crippen LogP contribution in [0, 0.1) is 11.8 Å². The predicted molar refractivity (Wildman–Crippen MR) is 70.5 cm³/mol. The van der Waals surface area contributed by atoms with Crippen molar-refractivity contribution in [2.45, 2.75) is 65.2 Å². The highest BCUT2D eigenvalue weighted by Crippen LogP contribution is 2.24. The Morgan fingerprint density at radius 1 is 1.06 bits per heavy atom. The van der Waals surface area contributed by atoms with Crippen molar-refractivity contribution in [3.05, 3.63) is 0 Å². The van der Waals surface area contributed by atoms with Gasteiger partial charge in [-0.2, -0.15) is 0 Å². The van der Waals surface area contributed by atoms with Gasteiger partial charge in [0.15, 0.2) is 0 Å². The largest absolute Gasteiger partial charge is 0.481 e. The SMILES string of the molecule is CCCCCCC(CC(CC)CC(=O)O)C(=O)O. The number of aliphatic carboxylic acids is 2. The van der Waals surface area contributed by atoms with Gasteiger partial charge in [-0.15, -0.1) is 0 Å². The van der Waals surface area contributed by atoms with Crippen LogP contribution in [0.4, 0.5) is 0 Å². The highest BCUT2D eigenvalue weighted by Gasteiger charge is 2.22. The van der Waals surface area contributed by atoms with E-state index in [0.717, 1.165) is 32.1 Å². The van der Waals surface area contributed by atoms with Crippen LogP contribution in [-0.4, -0.2) is 22.2 Å². The number of carboxylic acids is 2. The lowest BCUT2D eigenvalue weighted by Gasteiger charge is -2.18. The molecule has 2 atom stereocenters. The molecule has 0 amide bonds. The molecule has 2 unspecified atom stereocenters. The smallest absolute Gasteiger partial charge is 0.306 e. The average molecular weight is 258 g/mol. The molecule has 0 aliphatic carbocycles. The van der Waals surface area contributed by atoms with Gasteiger partial charge in [-0.25, -0.2) is 0 Å². The van der Waals surface area contributed by atoms with Gasteiger partial charge in [-0.3, -0.25) is 9.59 Å². The first kappa shape index (κ1) is 16.9. The van der Waals surface area contributed by atoms with Crippen molar-refractivity contribution in [2.75, 3.05) is 0 Å². The second kappa shape index (κ2) is 9.92. The molecule has 0 fully saturated rings. The predicted octanol–water partition coefficient (Wildman–Crippen LogP) is 3.55. The monoisotopic (exact) mass is 258 g/mol. The molecule has 4 heteroatoms. The fourth-order valence-corrected chi connectivity index (χ4v) is 2.20. The highest BCUT2D eigenvalue weighted by atomic mass is 16.4. The molecule has 18 heavy (non-hydrogen) atoms. The zero-order chi connectivity index (χ0) is 14.0. The van der Waals surface area contributed by atoms with Crippen molar-refractivity contribution in [2.24, 2.45) is 11.8 Å². The van der Waals surface area contributed by atoms with E-state index in [1.54, 1.807) is 0 Å². The van der Waals surface area contributed by atoms with Crippen LogP contribution in [0.25, 0.3) is 0 Å². The molecule has 0 aromatic heterocycles. The van der Waals surface area contributed by atoms with E-state index in [1.807, 2.05) is 6.92 Å². The van der Waals surface area contributed by atoms with Crippen LogP contribution in [0.5, 0.6) is 0 Å². The standard InChI is InChI=1S/C14H26O4/c1-3-5-6-7-8-12(14(17)18)9-11(4-2)10-13(15)16/h11-12H,3-10H2,1-2H3,(H,15,16)(H,17,18). The maximum absolute atomic E-state index is 11.2. The Hall–Kier alpha value is -1.06. The van der Waals surface area contributed by atoms with Gasteiger partial charge in [-0.05, 0) is 18.8 Å². The molecule has 0 saturated heterocycles. The van der Waals surface area contributed by atoms with E-state index in [1.165, 1.54) is 0 Å². The van der Waals surface area contributed by atoms with Gasteiger partial charge in [-0.1, -0.05) is 46.0 Å². The van der Waals surface area contributed by atoms with Crippen LogP contribution in [0.3, 0.4) is 0 Å². The third kappa shape index (κ3) is 8.09. The molecule has 0 aliphatic heterocycles. The number of carbonyl (C=O) groups is 2. The van der Waals surface area contributed by atoms with Crippen molar-refractivity contribution in [3.8, 4) is 0 Å². The lowest BCUT2D eigenvalue weighted by atomic mass is 9.87. The number of carboxylic acid groups (broad SMARTS) is 2. The minimum absolute atomic E-state index is 0.0187. The number of hydrogen-bond donors (Lipinski definition) is 2. The van der Waals surface area contributed by atoms with Gasteiger partial charge in [0.05, 0.1) is 5.92 Å². The number of hydrogen-bond acceptors (Lipinski definition) is 2. The average Bonchev–Trinajstić information content (AvgIpc) is 2.30. The van der Waals surface area contributed by atoms with Crippen LogP contribution >= 0.6 is 0 Å². The number of unbranched alkanes of at least 4 members (excludes halogenated alkanes) is 3. The zero-order valence-corrected chi connectivity index (χ0v) is 11.5. The first-order valence-electron chi connectivity index (χ1n) is 6.95. The molecule has 0 saturated carbocycles. The lowest BCUT2D eigenvalue weighted by molar-refractivity contribution is -0.144. The summed E-state index contributed by atoms with van der Waals surface area (Å²) in [6, 6.07) is 0. The summed E-state index contributed by atoms with van der Waals surface area (Å²) in [5.41, 5.74) is 0. The Morgan fingerprint density at radius 3 is 2.17 bits per heavy atom. The summed E-state index contributed by atoms with van der Waals surface area (Å²) in [7, 11) is 0. The van der Waals surface area contributed by atoms with Crippen LogP contribution < -0.4 is 0 Å². The maximum atomic E-state index is 11.2. The maximum Gasteiger partial charge on any atom is 0.306 e. The Morgan fingerprint density at radius 2 is 1.72 bits per heavy atom. The molecule has 0 aromatic carbocycles. The first-order chi connectivity index (χ1) is 8.51. The van der Waals surface area contributed by atoms with Crippen LogP contribution in [0.1, 0.15) is 65.2 Å². The Balaban J connectivity index is 4.15. The summed E-state index contributed by atoms with van der Waals surface area (Å²) >= 11 is 0. The zero-order valence-electron chi connectivity index (χ0n) is 11.5. The molecule has 2 N–H and O–H groups in total. The van der Waals surface area contributed by atoms with E-state index in [9.17, 15) is 9.59 Å². The minimum atomic E-state index is -0.836. The quantitative estimate of drug-likeness (QED) is 0.556. The van der Waals surface area contributed by atoms with E-state index in [-0.39, 0.29) is 18.3 Å². The summed E-state index contributed by atoms with van der Waals surface area (Å²) in [5.74, 6) is -2.02. The first-order valence-corrected chi connectivity index (χ1v) is 6.95. The van der Waals surface area contributed by atoms with Gasteiger partial charge in [0.1, 0.15) is 0 Å². The van der Waals surface area contributed by atoms with Gasteiger partial charge >= 0.3 is 11.9 Å². The lowest BCUT2D eigenvalue weighted by Crippen LogP contribution is -2.19. The van der Waals surface area contributed by atoms with E-state index in [2.05, 4.69) is 6.92 Å². The van der Waals surface area contributed by atoms with Crippen molar-refractivity contribution in [3.63, 3.8) is 0 Å². The third-order valence-corrected chi connectivity index (χ3v) is 3.41. The fourth-order valence-electron chi connectivity index (χ4n) is 2.20.